The van der Waals surface area contributed by atoms with Crippen molar-refractivity contribution in [3.63, 3.8) is 0 Å². The van der Waals surface area contributed by atoms with Gasteiger partial charge in [-0.2, -0.15) is 0 Å². The van der Waals surface area contributed by atoms with Crippen LogP contribution < -0.4 is 0 Å². The summed E-state index contributed by atoms with van der Waals surface area (Å²) in [5.41, 5.74) is 0.568. The summed E-state index contributed by atoms with van der Waals surface area (Å²) in [5, 5.41) is 0.529. The molecule has 1 aliphatic rings. The molecular formula is C15H18BrClN2O2. The van der Waals surface area contributed by atoms with Gasteiger partial charge in [-0.25, -0.2) is 0 Å². The maximum absolute atomic E-state index is 12.5. The smallest absolute Gasteiger partial charge is 0.254 e. The monoisotopic (exact) mass is 372 g/mol. The molecule has 6 heteroatoms. The first kappa shape index (κ1) is 16.3. The Morgan fingerprint density at radius 3 is 2.19 bits per heavy atom. The van der Waals surface area contributed by atoms with Crippen molar-refractivity contribution in [3.05, 3.63) is 33.3 Å². The Balaban J connectivity index is 2.02. The highest BCUT2D eigenvalue weighted by atomic mass is 79.9. The van der Waals surface area contributed by atoms with Crippen molar-refractivity contribution in [1.82, 2.24) is 9.80 Å². The molecule has 1 saturated heterocycles. The highest BCUT2D eigenvalue weighted by Gasteiger charge is 2.26. The molecule has 0 N–H and O–H groups in total. The second-order valence-corrected chi connectivity index (χ2v) is 6.78. The van der Waals surface area contributed by atoms with Crippen molar-refractivity contribution in [3.8, 4) is 0 Å². The normalized spacial score (nSPS) is 15.5. The van der Waals surface area contributed by atoms with Crippen LogP contribution in [-0.4, -0.2) is 47.8 Å². The van der Waals surface area contributed by atoms with Gasteiger partial charge in [-0.05, 0) is 18.2 Å². The summed E-state index contributed by atoms with van der Waals surface area (Å²) in [7, 11) is 0. The minimum Gasteiger partial charge on any atom is -0.339 e. The fraction of sp³-hybridized carbons (Fsp3) is 0.467. The van der Waals surface area contributed by atoms with Gasteiger partial charge in [-0.1, -0.05) is 41.4 Å². The lowest BCUT2D eigenvalue weighted by molar-refractivity contribution is -0.135. The molecule has 0 saturated carbocycles. The Bertz CT molecular complexity index is 534. The summed E-state index contributed by atoms with van der Waals surface area (Å²) in [5.74, 6) is 0.0959. The van der Waals surface area contributed by atoms with E-state index in [1.54, 1.807) is 23.1 Å². The topological polar surface area (TPSA) is 40.6 Å². The number of rotatable bonds is 2. The Kier molecular flexibility index (Phi) is 5.27. The van der Waals surface area contributed by atoms with Gasteiger partial charge in [0.25, 0.3) is 5.91 Å². The number of nitrogens with zero attached hydrogens (tertiary/aromatic N) is 2. The first-order valence-corrected chi connectivity index (χ1v) is 8.09. The Morgan fingerprint density at radius 1 is 1.10 bits per heavy atom. The molecule has 0 aliphatic carbocycles. The van der Waals surface area contributed by atoms with E-state index in [0.717, 1.165) is 4.47 Å². The van der Waals surface area contributed by atoms with Gasteiger partial charge in [0.05, 0.1) is 0 Å². The average molecular weight is 374 g/mol. The number of hydrogen-bond acceptors (Lipinski definition) is 2. The summed E-state index contributed by atoms with van der Waals surface area (Å²) in [6.45, 7) is 6.07. The lowest BCUT2D eigenvalue weighted by Gasteiger charge is -2.35. The molecule has 1 heterocycles. The summed E-state index contributed by atoms with van der Waals surface area (Å²) in [6.07, 6.45) is 0. The predicted molar refractivity (Wildman–Crippen MR) is 86.5 cm³/mol. The SMILES string of the molecule is CC(C)C(=O)N1CCN(C(=O)c2cc(Cl)cc(Br)c2)CC1. The Morgan fingerprint density at radius 2 is 1.67 bits per heavy atom. The van der Waals surface area contributed by atoms with Gasteiger partial charge in [0.15, 0.2) is 0 Å². The number of carbonyl (C=O) groups excluding carboxylic acids is 2. The van der Waals surface area contributed by atoms with E-state index in [4.69, 9.17) is 11.6 Å². The van der Waals surface area contributed by atoms with Crippen LogP contribution in [0.1, 0.15) is 24.2 Å². The molecule has 0 radical (unpaired) electrons. The predicted octanol–water partition coefficient (Wildman–Crippen LogP) is 3.04. The fourth-order valence-electron chi connectivity index (χ4n) is 2.35. The Hall–Kier alpha value is -1.07. The number of halogens is 2. The average Bonchev–Trinajstić information content (AvgIpc) is 2.44. The van der Waals surface area contributed by atoms with E-state index in [1.807, 2.05) is 18.7 Å². The molecule has 114 valence electrons. The molecule has 0 aromatic heterocycles. The summed E-state index contributed by atoms with van der Waals surface area (Å²) >= 11 is 9.32. The van der Waals surface area contributed by atoms with Crippen molar-refractivity contribution in [2.75, 3.05) is 26.2 Å². The second-order valence-electron chi connectivity index (χ2n) is 5.43. The highest BCUT2D eigenvalue weighted by Crippen LogP contribution is 2.21. The molecule has 4 nitrogen and oxygen atoms in total. The molecule has 1 aromatic rings. The van der Waals surface area contributed by atoms with Crippen LogP contribution in [-0.2, 0) is 4.79 Å². The number of hydrogen-bond donors (Lipinski definition) is 0. The third kappa shape index (κ3) is 3.98. The third-order valence-corrected chi connectivity index (χ3v) is 4.16. The van der Waals surface area contributed by atoms with Gasteiger partial charge in [-0.3, -0.25) is 9.59 Å². The minimum atomic E-state index is -0.0464. The lowest BCUT2D eigenvalue weighted by Crippen LogP contribution is -2.51. The van der Waals surface area contributed by atoms with Crippen molar-refractivity contribution in [2.45, 2.75) is 13.8 Å². The molecule has 2 rings (SSSR count). The number of benzene rings is 1. The first-order valence-electron chi connectivity index (χ1n) is 6.92. The van der Waals surface area contributed by atoms with Crippen LogP contribution in [0, 0.1) is 5.92 Å². The maximum Gasteiger partial charge on any atom is 0.254 e. The number of amides is 2. The number of piperazine rings is 1. The van der Waals surface area contributed by atoms with Crippen LogP contribution in [0.4, 0.5) is 0 Å². The molecule has 1 aliphatic heterocycles. The second kappa shape index (κ2) is 6.79. The zero-order valence-corrected chi connectivity index (χ0v) is 14.4. The van der Waals surface area contributed by atoms with Crippen molar-refractivity contribution in [1.29, 1.82) is 0 Å². The van der Waals surface area contributed by atoms with Gasteiger partial charge in [0, 0.05) is 47.2 Å². The summed E-state index contributed by atoms with van der Waals surface area (Å²) in [4.78, 5) is 28.0. The van der Waals surface area contributed by atoms with E-state index in [2.05, 4.69) is 15.9 Å². The zero-order valence-electron chi connectivity index (χ0n) is 12.1. The van der Waals surface area contributed by atoms with Crippen molar-refractivity contribution < 1.29 is 9.59 Å². The van der Waals surface area contributed by atoms with E-state index >= 15 is 0 Å². The van der Waals surface area contributed by atoms with Gasteiger partial charge in [0.1, 0.15) is 0 Å². The van der Waals surface area contributed by atoms with Crippen molar-refractivity contribution in [2.24, 2.45) is 5.92 Å². The van der Waals surface area contributed by atoms with Crippen molar-refractivity contribution >= 4 is 39.3 Å². The lowest BCUT2D eigenvalue weighted by atomic mass is 10.1. The van der Waals surface area contributed by atoms with E-state index in [1.165, 1.54) is 0 Å². The van der Waals surface area contributed by atoms with Gasteiger partial charge >= 0.3 is 0 Å². The summed E-state index contributed by atoms with van der Waals surface area (Å²) < 4.78 is 0.784. The molecule has 0 unspecified atom stereocenters. The highest BCUT2D eigenvalue weighted by molar-refractivity contribution is 9.10. The van der Waals surface area contributed by atoms with Gasteiger partial charge in [0.2, 0.25) is 5.91 Å². The molecular weight excluding hydrogens is 356 g/mol. The van der Waals surface area contributed by atoms with Gasteiger partial charge < -0.3 is 9.80 Å². The first-order chi connectivity index (χ1) is 9.88. The zero-order chi connectivity index (χ0) is 15.6. The van der Waals surface area contributed by atoms with Crippen LogP contribution in [0.25, 0.3) is 0 Å². The van der Waals surface area contributed by atoms with Crippen LogP contribution in [0.3, 0.4) is 0 Å². The molecule has 0 spiro atoms. The van der Waals surface area contributed by atoms with Crippen LogP contribution in [0.2, 0.25) is 5.02 Å². The fourth-order valence-corrected chi connectivity index (χ4v) is 3.22. The van der Waals surface area contributed by atoms with E-state index in [-0.39, 0.29) is 17.7 Å². The molecule has 0 atom stereocenters. The quantitative estimate of drug-likeness (QED) is 0.799. The Labute approximate surface area is 138 Å². The molecule has 1 fully saturated rings. The minimum absolute atomic E-state index is 0.00358. The molecule has 2 amide bonds. The van der Waals surface area contributed by atoms with Crippen LogP contribution in [0.5, 0.6) is 0 Å². The van der Waals surface area contributed by atoms with Crippen LogP contribution >= 0.6 is 27.5 Å². The third-order valence-electron chi connectivity index (χ3n) is 3.48. The number of carbonyl (C=O) groups is 2. The van der Waals surface area contributed by atoms with Gasteiger partial charge in [-0.15, -0.1) is 0 Å². The van der Waals surface area contributed by atoms with E-state index in [9.17, 15) is 9.59 Å². The maximum atomic E-state index is 12.5. The standard InChI is InChI=1S/C15H18BrClN2O2/c1-10(2)14(20)18-3-5-19(6-4-18)15(21)11-7-12(16)9-13(17)8-11/h7-10H,3-6H2,1-2H3. The summed E-state index contributed by atoms with van der Waals surface area (Å²) in [6, 6.07) is 5.18. The van der Waals surface area contributed by atoms with Crippen LogP contribution in [0.15, 0.2) is 22.7 Å². The molecule has 1 aromatic carbocycles. The molecule has 21 heavy (non-hydrogen) atoms. The largest absolute Gasteiger partial charge is 0.339 e. The molecule has 0 bridgehead atoms. The van der Waals surface area contributed by atoms with E-state index < -0.39 is 0 Å². The van der Waals surface area contributed by atoms with E-state index in [0.29, 0.717) is 36.8 Å².